The molecule has 0 saturated carbocycles. The van der Waals surface area contributed by atoms with Gasteiger partial charge in [0, 0.05) is 18.5 Å². The highest BCUT2D eigenvalue weighted by atomic mass is 32.2. The largest absolute Gasteiger partial charge is 0.326 e. The number of aromatic nitrogens is 2. The van der Waals surface area contributed by atoms with Crippen LogP contribution >= 0.6 is 11.3 Å². The van der Waals surface area contributed by atoms with Crippen molar-refractivity contribution in [1.29, 1.82) is 0 Å². The molecule has 2 atom stereocenters. The van der Waals surface area contributed by atoms with Crippen LogP contribution in [-0.2, 0) is 9.84 Å². The Hall–Kier alpha value is -1.18. The fraction of sp³-hybridized carbons (Fsp3) is 0.364. The van der Waals surface area contributed by atoms with E-state index in [0.717, 1.165) is 5.56 Å². The van der Waals surface area contributed by atoms with Crippen LogP contribution in [-0.4, -0.2) is 30.5 Å². The number of hydrogen-bond acceptors (Lipinski definition) is 5. The van der Waals surface area contributed by atoms with Gasteiger partial charge in [-0.3, -0.25) is 4.68 Å². The Labute approximate surface area is 110 Å². The summed E-state index contributed by atoms with van der Waals surface area (Å²) in [7, 11) is -3.23. The Morgan fingerprint density at radius 2 is 2.22 bits per heavy atom. The van der Waals surface area contributed by atoms with Crippen molar-refractivity contribution in [2.24, 2.45) is 5.73 Å². The molecule has 0 aromatic carbocycles. The molecule has 0 radical (unpaired) electrons. The van der Waals surface area contributed by atoms with Gasteiger partial charge in [0.25, 0.3) is 0 Å². The first-order chi connectivity index (χ1) is 8.39. The van der Waals surface area contributed by atoms with Crippen molar-refractivity contribution >= 4 is 21.2 Å². The van der Waals surface area contributed by atoms with E-state index in [-0.39, 0.29) is 17.0 Å². The first-order valence-corrected chi connectivity index (χ1v) is 8.25. The SMILES string of the molecule is CC(N)C(c1ccsc1)n1cc(S(C)(=O)=O)cn1. The minimum Gasteiger partial charge on any atom is -0.326 e. The number of thiophene rings is 1. The molecule has 0 saturated heterocycles. The third kappa shape index (κ3) is 2.63. The molecule has 18 heavy (non-hydrogen) atoms. The van der Waals surface area contributed by atoms with Crippen molar-refractivity contribution in [2.45, 2.75) is 23.9 Å². The maximum atomic E-state index is 11.4. The average molecular weight is 285 g/mol. The molecule has 0 aliphatic carbocycles. The molecule has 2 N–H and O–H groups in total. The van der Waals surface area contributed by atoms with Crippen LogP contribution in [0.4, 0.5) is 0 Å². The van der Waals surface area contributed by atoms with Gasteiger partial charge in [0.15, 0.2) is 9.84 Å². The topological polar surface area (TPSA) is 78.0 Å². The third-order valence-electron chi connectivity index (χ3n) is 2.67. The zero-order valence-electron chi connectivity index (χ0n) is 10.1. The first kappa shape index (κ1) is 13.3. The minimum absolute atomic E-state index is 0.147. The summed E-state index contributed by atoms with van der Waals surface area (Å²) >= 11 is 1.58. The zero-order chi connectivity index (χ0) is 13.3. The van der Waals surface area contributed by atoms with E-state index >= 15 is 0 Å². The lowest BCUT2D eigenvalue weighted by molar-refractivity contribution is 0.454. The van der Waals surface area contributed by atoms with Gasteiger partial charge in [-0.05, 0) is 29.3 Å². The molecule has 0 amide bonds. The summed E-state index contributed by atoms with van der Waals surface area (Å²) in [5, 5.41) is 8.08. The van der Waals surface area contributed by atoms with E-state index in [1.54, 1.807) is 16.0 Å². The first-order valence-electron chi connectivity index (χ1n) is 5.41. The predicted molar refractivity (Wildman–Crippen MR) is 71.4 cm³/mol. The molecule has 0 spiro atoms. The molecule has 98 valence electrons. The Balaban J connectivity index is 2.42. The van der Waals surface area contributed by atoms with Gasteiger partial charge >= 0.3 is 0 Å². The molecule has 0 aliphatic heterocycles. The Morgan fingerprint density at radius 1 is 1.50 bits per heavy atom. The summed E-state index contributed by atoms with van der Waals surface area (Å²) in [5.41, 5.74) is 7.01. The van der Waals surface area contributed by atoms with Gasteiger partial charge < -0.3 is 5.73 Å². The zero-order valence-corrected chi connectivity index (χ0v) is 11.8. The van der Waals surface area contributed by atoms with Crippen molar-refractivity contribution < 1.29 is 8.42 Å². The summed E-state index contributed by atoms with van der Waals surface area (Å²) in [5.74, 6) is 0. The monoisotopic (exact) mass is 285 g/mol. The Morgan fingerprint density at radius 3 is 2.67 bits per heavy atom. The highest BCUT2D eigenvalue weighted by Gasteiger charge is 2.21. The Bertz CT molecular complexity index is 615. The molecular weight excluding hydrogens is 270 g/mol. The fourth-order valence-corrected chi connectivity index (χ4v) is 3.03. The predicted octanol–water partition coefficient (Wildman–Crippen LogP) is 1.28. The van der Waals surface area contributed by atoms with Crippen LogP contribution in [0.3, 0.4) is 0 Å². The van der Waals surface area contributed by atoms with Crippen LogP contribution < -0.4 is 5.73 Å². The second-order valence-electron chi connectivity index (χ2n) is 4.29. The molecule has 5 nitrogen and oxygen atoms in total. The minimum atomic E-state index is -3.23. The van der Waals surface area contributed by atoms with Gasteiger partial charge in [0.2, 0.25) is 0 Å². The van der Waals surface area contributed by atoms with Gasteiger partial charge in [-0.15, -0.1) is 0 Å². The van der Waals surface area contributed by atoms with Crippen LogP contribution in [0.1, 0.15) is 18.5 Å². The summed E-state index contributed by atoms with van der Waals surface area (Å²) < 4.78 is 24.5. The van der Waals surface area contributed by atoms with Crippen LogP contribution in [0, 0.1) is 0 Å². The second kappa shape index (κ2) is 4.83. The standard InChI is InChI=1S/C11H15N3O2S2/c1-8(12)11(9-3-4-17-7-9)14-6-10(5-13-14)18(2,15)16/h3-8,11H,12H2,1-2H3. The van der Waals surface area contributed by atoms with E-state index in [2.05, 4.69) is 5.10 Å². The van der Waals surface area contributed by atoms with Crippen molar-refractivity contribution in [3.63, 3.8) is 0 Å². The number of rotatable bonds is 4. The Kier molecular flexibility index (Phi) is 3.56. The quantitative estimate of drug-likeness (QED) is 0.918. The lowest BCUT2D eigenvalue weighted by atomic mass is 10.1. The summed E-state index contributed by atoms with van der Waals surface area (Å²) in [6.07, 6.45) is 4.05. The number of nitrogens with zero attached hydrogens (tertiary/aromatic N) is 2. The average Bonchev–Trinajstić information content (AvgIpc) is 2.86. The van der Waals surface area contributed by atoms with Gasteiger partial charge in [-0.2, -0.15) is 16.4 Å². The lowest BCUT2D eigenvalue weighted by Gasteiger charge is -2.20. The lowest BCUT2D eigenvalue weighted by Crippen LogP contribution is -2.30. The number of sulfone groups is 1. The summed E-state index contributed by atoms with van der Waals surface area (Å²) in [6, 6.07) is 1.67. The van der Waals surface area contributed by atoms with E-state index in [0.29, 0.717) is 0 Å². The highest BCUT2D eigenvalue weighted by molar-refractivity contribution is 7.90. The maximum absolute atomic E-state index is 11.4. The van der Waals surface area contributed by atoms with E-state index in [1.165, 1.54) is 18.6 Å². The molecule has 2 heterocycles. The normalized spacial score (nSPS) is 15.5. The molecule has 0 aliphatic rings. The van der Waals surface area contributed by atoms with E-state index in [1.807, 2.05) is 23.8 Å². The van der Waals surface area contributed by atoms with E-state index < -0.39 is 9.84 Å². The molecule has 2 aromatic heterocycles. The summed E-state index contributed by atoms with van der Waals surface area (Å²) in [4.78, 5) is 0.211. The van der Waals surface area contributed by atoms with Crippen LogP contribution in [0.15, 0.2) is 34.1 Å². The van der Waals surface area contributed by atoms with Crippen molar-refractivity contribution in [3.05, 3.63) is 34.8 Å². The second-order valence-corrected chi connectivity index (χ2v) is 7.08. The number of nitrogens with two attached hydrogens (primary N) is 1. The molecule has 2 unspecified atom stereocenters. The van der Waals surface area contributed by atoms with E-state index in [9.17, 15) is 8.42 Å². The molecule has 2 aromatic rings. The molecule has 0 bridgehead atoms. The van der Waals surface area contributed by atoms with Gasteiger partial charge in [-0.25, -0.2) is 8.42 Å². The van der Waals surface area contributed by atoms with Crippen LogP contribution in [0.2, 0.25) is 0 Å². The third-order valence-corrected chi connectivity index (χ3v) is 4.44. The molecule has 2 rings (SSSR count). The van der Waals surface area contributed by atoms with Crippen LogP contribution in [0.5, 0.6) is 0 Å². The molecular formula is C11H15N3O2S2. The van der Waals surface area contributed by atoms with Crippen LogP contribution in [0.25, 0.3) is 0 Å². The summed E-state index contributed by atoms with van der Waals surface area (Å²) in [6.45, 7) is 1.88. The molecule has 7 heteroatoms. The smallest absolute Gasteiger partial charge is 0.178 e. The molecule has 0 fully saturated rings. The van der Waals surface area contributed by atoms with Crippen molar-refractivity contribution in [3.8, 4) is 0 Å². The van der Waals surface area contributed by atoms with Gasteiger partial charge in [0.05, 0.1) is 12.2 Å². The van der Waals surface area contributed by atoms with Crippen molar-refractivity contribution in [1.82, 2.24) is 9.78 Å². The van der Waals surface area contributed by atoms with Gasteiger partial charge in [0.1, 0.15) is 4.90 Å². The number of hydrogen-bond donors (Lipinski definition) is 1. The highest BCUT2D eigenvalue weighted by Crippen LogP contribution is 2.24. The van der Waals surface area contributed by atoms with Crippen molar-refractivity contribution in [2.75, 3.05) is 6.26 Å². The van der Waals surface area contributed by atoms with Gasteiger partial charge in [-0.1, -0.05) is 0 Å². The van der Waals surface area contributed by atoms with E-state index in [4.69, 9.17) is 5.73 Å². The fourth-order valence-electron chi connectivity index (χ4n) is 1.80. The maximum Gasteiger partial charge on any atom is 0.178 e.